The monoisotopic (exact) mass is 278 g/mol. The molecule has 0 saturated carbocycles. The van der Waals surface area contributed by atoms with Crippen LogP contribution in [0.5, 0.6) is 0 Å². The van der Waals surface area contributed by atoms with Crippen molar-refractivity contribution in [3.05, 3.63) is 65.7 Å². The molecule has 3 aromatic rings. The van der Waals surface area contributed by atoms with Gasteiger partial charge in [-0.05, 0) is 29.8 Å². The number of hydrogen-bond acceptors (Lipinski definition) is 4. The number of anilines is 1. The zero-order chi connectivity index (χ0) is 14.7. The van der Waals surface area contributed by atoms with Gasteiger partial charge < -0.3 is 5.32 Å². The Morgan fingerprint density at radius 3 is 2.67 bits per heavy atom. The quantitative estimate of drug-likeness (QED) is 0.798. The molecule has 0 aliphatic carbocycles. The molecule has 1 N–H and O–H groups in total. The Kier molecular flexibility index (Phi) is 3.44. The molecule has 0 atom stereocenters. The fraction of sp³-hybridized carbons (Fsp3) is 0.0625. The van der Waals surface area contributed by atoms with Gasteiger partial charge >= 0.3 is 0 Å². The van der Waals surface area contributed by atoms with Gasteiger partial charge in [-0.2, -0.15) is 5.26 Å². The fourth-order valence-corrected chi connectivity index (χ4v) is 2.09. The average Bonchev–Trinajstić information content (AvgIpc) is 2.53. The van der Waals surface area contributed by atoms with Gasteiger partial charge in [0.05, 0.1) is 22.5 Å². The number of nitrogens with one attached hydrogen (secondary N) is 1. The van der Waals surface area contributed by atoms with E-state index in [1.165, 1.54) is 12.4 Å². The van der Waals surface area contributed by atoms with Crippen LogP contribution in [0.25, 0.3) is 10.9 Å². The molecule has 1 aromatic heterocycles. The second-order valence-electron chi connectivity index (χ2n) is 4.52. The van der Waals surface area contributed by atoms with Crippen molar-refractivity contribution in [2.45, 2.75) is 6.54 Å². The molecule has 0 aliphatic rings. The number of nitrogens with zero attached hydrogens (tertiary/aromatic N) is 3. The second kappa shape index (κ2) is 5.55. The van der Waals surface area contributed by atoms with Crippen LogP contribution in [0, 0.1) is 17.1 Å². The molecule has 0 unspecified atom stereocenters. The maximum atomic E-state index is 13.9. The summed E-state index contributed by atoms with van der Waals surface area (Å²) in [5.74, 6) is 0.109. The van der Waals surface area contributed by atoms with Gasteiger partial charge in [-0.1, -0.05) is 18.2 Å². The Hall–Kier alpha value is -3.00. The molecule has 0 saturated heterocycles. The van der Waals surface area contributed by atoms with E-state index in [4.69, 9.17) is 5.26 Å². The Balaban J connectivity index is 1.86. The van der Waals surface area contributed by atoms with Crippen LogP contribution in [0.2, 0.25) is 0 Å². The molecule has 0 radical (unpaired) electrons. The van der Waals surface area contributed by atoms with E-state index in [1.54, 1.807) is 24.3 Å². The van der Waals surface area contributed by atoms with Gasteiger partial charge in [0, 0.05) is 6.54 Å². The summed E-state index contributed by atoms with van der Waals surface area (Å²) in [7, 11) is 0. The lowest BCUT2D eigenvalue weighted by atomic mass is 10.1. The molecular formula is C16H11FN4. The van der Waals surface area contributed by atoms with Gasteiger partial charge in [0.15, 0.2) is 0 Å². The van der Waals surface area contributed by atoms with Crippen LogP contribution in [-0.2, 0) is 6.54 Å². The largest absolute Gasteiger partial charge is 0.365 e. The van der Waals surface area contributed by atoms with E-state index >= 15 is 0 Å². The van der Waals surface area contributed by atoms with Crippen molar-refractivity contribution >= 4 is 16.7 Å². The third kappa shape index (κ3) is 2.65. The zero-order valence-electron chi connectivity index (χ0n) is 11.0. The molecule has 1 heterocycles. The van der Waals surface area contributed by atoms with E-state index in [-0.39, 0.29) is 5.82 Å². The first-order chi connectivity index (χ1) is 10.3. The third-order valence-corrected chi connectivity index (χ3v) is 3.16. The van der Waals surface area contributed by atoms with Crippen molar-refractivity contribution in [2.75, 3.05) is 5.32 Å². The first-order valence-corrected chi connectivity index (χ1v) is 6.40. The predicted molar refractivity (Wildman–Crippen MR) is 78.0 cm³/mol. The highest BCUT2D eigenvalue weighted by atomic mass is 19.1. The van der Waals surface area contributed by atoms with Crippen molar-refractivity contribution in [2.24, 2.45) is 0 Å². The summed E-state index contributed by atoms with van der Waals surface area (Å²) >= 11 is 0. The molecule has 0 aliphatic heterocycles. The summed E-state index contributed by atoms with van der Waals surface area (Å²) in [6.07, 6.45) is 1.41. The maximum absolute atomic E-state index is 13.9. The van der Waals surface area contributed by atoms with E-state index in [0.29, 0.717) is 28.8 Å². The molecule has 2 aromatic carbocycles. The molecular weight excluding hydrogens is 267 g/mol. The Bertz CT molecular complexity index is 817. The predicted octanol–water partition coefficient (Wildman–Crippen LogP) is 3.25. The van der Waals surface area contributed by atoms with Crippen LogP contribution in [0.15, 0.2) is 48.8 Å². The number of halogens is 1. The van der Waals surface area contributed by atoms with E-state index < -0.39 is 0 Å². The minimum atomic E-state index is -0.351. The van der Waals surface area contributed by atoms with Crippen molar-refractivity contribution in [1.29, 1.82) is 5.26 Å². The molecule has 5 heteroatoms. The maximum Gasteiger partial charge on any atom is 0.140 e. The Morgan fingerprint density at radius 2 is 1.90 bits per heavy atom. The first-order valence-electron chi connectivity index (χ1n) is 6.40. The molecule has 0 bridgehead atoms. The SMILES string of the molecule is N#Cc1ccc(CNc2ncnc3cccc(F)c23)cc1. The lowest BCUT2D eigenvalue weighted by Crippen LogP contribution is -2.03. The topological polar surface area (TPSA) is 61.6 Å². The van der Waals surface area contributed by atoms with Crippen LogP contribution in [-0.4, -0.2) is 9.97 Å². The van der Waals surface area contributed by atoms with E-state index in [1.807, 2.05) is 12.1 Å². The van der Waals surface area contributed by atoms with Crippen molar-refractivity contribution in [1.82, 2.24) is 9.97 Å². The summed E-state index contributed by atoms with van der Waals surface area (Å²) in [4.78, 5) is 8.16. The Labute approximate surface area is 120 Å². The minimum absolute atomic E-state index is 0.351. The van der Waals surface area contributed by atoms with Crippen molar-refractivity contribution in [3.63, 3.8) is 0 Å². The smallest absolute Gasteiger partial charge is 0.140 e. The van der Waals surface area contributed by atoms with E-state index in [2.05, 4.69) is 21.4 Å². The lowest BCUT2D eigenvalue weighted by molar-refractivity contribution is 0.639. The first kappa shape index (κ1) is 13.0. The number of hydrogen-bond donors (Lipinski definition) is 1. The summed E-state index contributed by atoms with van der Waals surface area (Å²) in [6, 6.07) is 14.0. The Morgan fingerprint density at radius 1 is 1.10 bits per heavy atom. The van der Waals surface area contributed by atoms with E-state index in [0.717, 1.165) is 5.56 Å². The van der Waals surface area contributed by atoms with Crippen molar-refractivity contribution in [3.8, 4) is 6.07 Å². The summed E-state index contributed by atoms with van der Waals surface area (Å²) < 4.78 is 13.9. The zero-order valence-corrected chi connectivity index (χ0v) is 11.0. The van der Waals surface area contributed by atoms with Gasteiger partial charge in [-0.25, -0.2) is 14.4 Å². The average molecular weight is 278 g/mol. The van der Waals surface area contributed by atoms with Crippen molar-refractivity contribution < 1.29 is 4.39 Å². The molecule has 4 nitrogen and oxygen atoms in total. The normalized spacial score (nSPS) is 10.3. The highest BCUT2D eigenvalue weighted by molar-refractivity contribution is 5.89. The lowest BCUT2D eigenvalue weighted by Gasteiger charge is -2.09. The number of benzene rings is 2. The molecule has 0 spiro atoms. The van der Waals surface area contributed by atoms with Gasteiger partial charge in [0.25, 0.3) is 0 Å². The van der Waals surface area contributed by atoms with Gasteiger partial charge in [-0.15, -0.1) is 0 Å². The number of fused-ring (bicyclic) bond motifs is 1. The van der Waals surface area contributed by atoms with Gasteiger partial charge in [-0.3, -0.25) is 0 Å². The molecule has 3 rings (SSSR count). The fourth-order valence-electron chi connectivity index (χ4n) is 2.09. The second-order valence-corrected chi connectivity index (χ2v) is 4.52. The minimum Gasteiger partial charge on any atom is -0.365 e. The summed E-state index contributed by atoms with van der Waals surface area (Å²) in [5.41, 5.74) is 2.15. The van der Waals surface area contributed by atoms with Crippen LogP contribution in [0.3, 0.4) is 0 Å². The highest BCUT2D eigenvalue weighted by Gasteiger charge is 2.08. The van der Waals surface area contributed by atoms with Crippen LogP contribution >= 0.6 is 0 Å². The number of nitriles is 1. The number of rotatable bonds is 3. The van der Waals surface area contributed by atoms with Gasteiger partial charge in [0.1, 0.15) is 18.0 Å². The van der Waals surface area contributed by atoms with Crippen LogP contribution in [0.1, 0.15) is 11.1 Å². The highest BCUT2D eigenvalue weighted by Crippen LogP contribution is 2.22. The molecule has 0 fully saturated rings. The third-order valence-electron chi connectivity index (χ3n) is 3.16. The molecule has 0 amide bonds. The van der Waals surface area contributed by atoms with Crippen LogP contribution in [0.4, 0.5) is 10.2 Å². The molecule has 102 valence electrons. The van der Waals surface area contributed by atoms with E-state index in [9.17, 15) is 4.39 Å². The standard InChI is InChI=1S/C16H11FN4/c17-13-2-1-3-14-15(13)16(21-10-20-14)19-9-12-6-4-11(8-18)5-7-12/h1-7,10H,9H2,(H,19,20,21). The van der Waals surface area contributed by atoms with Gasteiger partial charge in [0.2, 0.25) is 0 Å². The number of aromatic nitrogens is 2. The summed E-state index contributed by atoms with van der Waals surface area (Å²) in [6.45, 7) is 0.492. The summed E-state index contributed by atoms with van der Waals surface area (Å²) in [5, 5.41) is 12.3. The molecule has 21 heavy (non-hydrogen) atoms. The van der Waals surface area contributed by atoms with Crippen LogP contribution < -0.4 is 5.32 Å².